The molecule has 142 valence electrons. The molecule has 0 aromatic heterocycles. The summed E-state index contributed by atoms with van der Waals surface area (Å²) in [6.45, 7) is 13.8. The van der Waals surface area contributed by atoms with E-state index in [1.165, 1.54) is 0 Å². The zero-order valence-corrected chi connectivity index (χ0v) is 17.3. The van der Waals surface area contributed by atoms with E-state index in [9.17, 15) is 0 Å². The molecule has 2 heteroatoms. The number of rotatable bonds is 8. The van der Waals surface area contributed by atoms with E-state index in [0.29, 0.717) is 5.41 Å². The highest BCUT2D eigenvalue weighted by Crippen LogP contribution is 2.34. The van der Waals surface area contributed by atoms with Gasteiger partial charge in [0, 0.05) is 11.4 Å². The van der Waals surface area contributed by atoms with Crippen LogP contribution in [0.3, 0.4) is 0 Å². The fourth-order valence-corrected chi connectivity index (χ4v) is 3.10. The molecule has 2 aromatic carbocycles. The number of para-hydroxylation sites is 1. The molecule has 0 bridgehead atoms. The Labute approximate surface area is 160 Å². The minimum absolute atomic E-state index is 0.234. The van der Waals surface area contributed by atoms with Gasteiger partial charge in [-0.2, -0.15) is 0 Å². The van der Waals surface area contributed by atoms with Crippen LogP contribution in [0.4, 0.5) is 11.4 Å². The van der Waals surface area contributed by atoms with Gasteiger partial charge in [-0.1, -0.05) is 66.2 Å². The summed E-state index contributed by atoms with van der Waals surface area (Å²) in [5.41, 5.74) is 2.72. The van der Waals surface area contributed by atoms with Gasteiger partial charge < -0.3 is 10.1 Å². The molecule has 0 radical (unpaired) electrons. The van der Waals surface area contributed by atoms with Gasteiger partial charge in [-0.05, 0) is 60.1 Å². The summed E-state index contributed by atoms with van der Waals surface area (Å²) in [6.07, 6.45) is 3.53. The summed E-state index contributed by atoms with van der Waals surface area (Å²) < 4.78 is 6.41. The van der Waals surface area contributed by atoms with Crippen molar-refractivity contribution in [2.75, 3.05) is 5.32 Å². The van der Waals surface area contributed by atoms with Crippen LogP contribution < -0.4 is 10.1 Å². The van der Waals surface area contributed by atoms with Crippen molar-refractivity contribution < 1.29 is 4.74 Å². The Morgan fingerprint density at radius 1 is 0.808 bits per heavy atom. The molecule has 0 amide bonds. The van der Waals surface area contributed by atoms with E-state index in [1.54, 1.807) is 0 Å². The fourth-order valence-electron chi connectivity index (χ4n) is 3.10. The number of hydrogen-bond acceptors (Lipinski definition) is 2. The van der Waals surface area contributed by atoms with Crippen LogP contribution in [0.5, 0.6) is 5.75 Å². The van der Waals surface area contributed by atoms with Gasteiger partial charge in [0.2, 0.25) is 0 Å². The van der Waals surface area contributed by atoms with Crippen molar-refractivity contribution in [3.8, 4) is 5.75 Å². The molecule has 2 aromatic rings. The minimum atomic E-state index is 0.234. The van der Waals surface area contributed by atoms with Gasteiger partial charge in [-0.15, -0.1) is 0 Å². The van der Waals surface area contributed by atoms with E-state index in [0.717, 1.165) is 36.4 Å². The molecule has 0 aliphatic rings. The maximum atomic E-state index is 6.41. The minimum Gasteiger partial charge on any atom is -0.490 e. The van der Waals surface area contributed by atoms with Gasteiger partial charge in [0.15, 0.2) is 0 Å². The lowest BCUT2D eigenvalue weighted by Gasteiger charge is -2.33. The van der Waals surface area contributed by atoms with E-state index in [4.69, 9.17) is 4.74 Å². The Hall–Kier alpha value is -1.96. The summed E-state index contributed by atoms with van der Waals surface area (Å²) in [6, 6.07) is 18.5. The maximum absolute atomic E-state index is 6.41. The smallest absolute Gasteiger partial charge is 0.119 e. The average molecular weight is 354 g/mol. The Balaban J connectivity index is 2.05. The SMILES string of the molecule is CCC(C)(C)CC(CC(C)(C)C)Oc1ccc(Nc2ccccc2)cc1. The number of ether oxygens (including phenoxy) is 1. The molecule has 1 atom stereocenters. The highest BCUT2D eigenvalue weighted by atomic mass is 16.5. The molecule has 1 N–H and O–H groups in total. The van der Waals surface area contributed by atoms with Crippen molar-refractivity contribution >= 4 is 11.4 Å². The van der Waals surface area contributed by atoms with Crippen molar-refractivity contribution in [1.82, 2.24) is 0 Å². The summed E-state index contributed by atoms with van der Waals surface area (Å²) >= 11 is 0. The van der Waals surface area contributed by atoms with E-state index in [1.807, 2.05) is 18.2 Å². The lowest BCUT2D eigenvalue weighted by atomic mass is 9.79. The molecule has 0 saturated heterocycles. The van der Waals surface area contributed by atoms with Crippen molar-refractivity contribution in [3.05, 3.63) is 54.6 Å². The highest BCUT2D eigenvalue weighted by Gasteiger charge is 2.27. The first-order chi connectivity index (χ1) is 12.2. The summed E-state index contributed by atoms with van der Waals surface area (Å²) in [5.74, 6) is 0.949. The second kappa shape index (κ2) is 8.62. The van der Waals surface area contributed by atoms with Gasteiger partial charge in [-0.25, -0.2) is 0 Å². The van der Waals surface area contributed by atoms with Crippen LogP contribution >= 0.6 is 0 Å². The van der Waals surface area contributed by atoms with Crippen molar-refractivity contribution in [3.63, 3.8) is 0 Å². The molecule has 0 aliphatic carbocycles. The first-order valence-corrected chi connectivity index (χ1v) is 9.76. The number of hydrogen-bond donors (Lipinski definition) is 1. The molecule has 0 spiro atoms. The topological polar surface area (TPSA) is 21.3 Å². The summed E-state index contributed by atoms with van der Waals surface area (Å²) in [4.78, 5) is 0. The molecule has 0 saturated carbocycles. The van der Waals surface area contributed by atoms with Crippen LogP contribution in [-0.4, -0.2) is 6.10 Å². The lowest BCUT2D eigenvalue weighted by Crippen LogP contribution is -2.29. The van der Waals surface area contributed by atoms with Crippen LogP contribution in [0, 0.1) is 10.8 Å². The van der Waals surface area contributed by atoms with Gasteiger partial charge in [0.25, 0.3) is 0 Å². The zero-order valence-electron chi connectivity index (χ0n) is 17.3. The second-order valence-electron chi connectivity index (χ2n) is 9.24. The first-order valence-electron chi connectivity index (χ1n) is 9.76. The Kier molecular flexibility index (Phi) is 6.75. The van der Waals surface area contributed by atoms with Gasteiger partial charge >= 0.3 is 0 Å². The quantitative estimate of drug-likeness (QED) is 0.532. The predicted octanol–water partition coefficient (Wildman–Crippen LogP) is 7.44. The van der Waals surface area contributed by atoms with Gasteiger partial charge in [0.05, 0.1) is 6.10 Å². The number of anilines is 2. The molecule has 2 rings (SSSR count). The molecular weight excluding hydrogens is 318 g/mol. The Bertz CT molecular complexity index is 653. The average Bonchev–Trinajstić information content (AvgIpc) is 2.56. The molecule has 2 nitrogen and oxygen atoms in total. The maximum Gasteiger partial charge on any atom is 0.119 e. The van der Waals surface area contributed by atoms with Crippen molar-refractivity contribution in [1.29, 1.82) is 0 Å². The van der Waals surface area contributed by atoms with Crippen LogP contribution in [-0.2, 0) is 0 Å². The number of benzene rings is 2. The molecule has 0 fully saturated rings. The largest absolute Gasteiger partial charge is 0.490 e. The third kappa shape index (κ3) is 7.11. The Morgan fingerprint density at radius 2 is 1.38 bits per heavy atom. The highest BCUT2D eigenvalue weighted by molar-refractivity contribution is 5.60. The standard InChI is InChI=1S/C24H35NO/c1-7-24(5,6)18-22(17-23(2,3)4)26-21-15-13-20(14-16-21)25-19-11-9-8-10-12-19/h8-16,22,25H,7,17-18H2,1-6H3. The summed E-state index contributed by atoms with van der Waals surface area (Å²) in [7, 11) is 0. The predicted molar refractivity (Wildman–Crippen MR) is 113 cm³/mol. The van der Waals surface area contributed by atoms with Crippen LogP contribution in [0.25, 0.3) is 0 Å². The molecule has 0 heterocycles. The van der Waals surface area contributed by atoms with E-state index < -0.39 is 0 Å². The van der Waals surface area contributed by atoms with Crippen LogP contribution in [0.15, 0.2) is 54.6 Å². The number of nitrogens with one attached hydrogen (secondary N) is 1. The molecule has 1 unspecified atom stereocenters. The van der Waals surface area contributed by atoms with Gasteiger partial charge in [-0.3, -0.25) is 0 Å². The molecule has 26 heavy (non-hydrogen) atoms. The normalized spacial score (nSPS) is 13.3. The molecule has 0 aliphatic heterocycles. The molecular formula is C24H35NO. The lowest BCUT2D eigenvalue weighted by molar-refractivity contribution is 0.0938. The third-order valence-electron chi connectivity index (χ3n) is 4.80. The van der Waals surface area contributed by atoms with E-state index in [-0.39, 0.29) is 11.5 Å². The summed E-state index contributed by atoms with van der Waals surface area (Å²) in [5, 5.41) is 3.41. The first kappa shape index (κ1) is 20.4. The van der Waals surface area contributed by atoms with Crippen LogP contribution in [0.2, 0.25) is 0 Å². The van der Waals surface area contributed by atoms with E-state index in [2.05, 4.69) is 83.3 Å². The van der Waals surface area contributed by atoms with Crippen molar-refractivity contribution in [2.45, 2.75) is 66.9 Å². The van der Waals surface area contributed by atoms with Crippen LogP contribution in [0.1, 0.15) is 60.8 Å². The fraction of sp³-hybridized carbons (Fsp3) is 0.500. The van der Waals surface area contributed by atoms with Gasteiger partial charge in [0.1, 0.15) is 5.75 Å². The van der Waals surface area contributed by atoms with E-state index >= 15 is 0 Å². The second-order valence-corrected chi connectivity index (χ2v) is 9.24. The Morgan fingerprint density at radius 3 is 1.92 bits per heavy atom. The van der Waals surface area contributed by atoms with Crippen molar-refractivity contribution in [2.24, 2.45) is 10.8 Å². The third-order valence-corrected chi connectivity index (χ3v) is 4.80. The monoisotopic (exact) mass is 353 g/mol. The zero-order chi connectivity index (χ0) is 19.2.